The van der Waals surface area contributed by atoms with Crippen LogP contribution >= 0.6 is 0 Å². The minimum absolute atomic E-state index is 0. The summed E-state index contributed by atoms with van der Waals surface area (Å²) in [6.07, 6.45) is 0. The molecule has 4 nitrogen and oxygen atoms in total. The summed E-state index contributed by atoms with van der Waals surface area (Å²) in [5.41, 5.74) is 11.9. The van der Waals surface area contributed by atoms with E-state index in [1.165, 1.54) is 11.1 Å². The first-order chi connectivity index (χ1) is 17.2. The second kappa shape index (κ2) is 17.6. The first-order valence-corrected chi connectivity index (χ1v) is 13.7. The second-order valence-corrected chi connectivity index (χ2v) is 11.0. The first-order valence-electron chi connectivity index (χ1n) is 12.2. The fraction of sp³-hybridized carbons (Fsp3) is 0.226. The molecule has 4 rings (SSSR count). The molecule has 0 amide bonds. The molecule has 4 aromatic carbocycles. The maximum atomic E-state index is 12.9. The van der Waals surface area contributed by atoms with Crippen molar-refractivity contribution in [2.45, 2.75) is 50.6 Å². The van der Waals surface area contributed by atoms with Crippen LogP contribution in [0, 0.1) is 13.8 Å². The SMILES string of the molecule is Cc1ccc(C(C)C)cc1.Cc1ccc(S(=O)(=O)N[C@H](c2ccccc2)[C@H](N)c2ccccc2)cc1.[Cl-].[Cl-].[Ru+2]. The van der Waals surface area contributed by atoms with E-state index in [1.807, 2.05) is 67.6 Å². The van der Waals surface area contributed by atoms with Crippen molar-refractivity contribution in [3.05, 3.63) is 137 Å². The molecule has 39 heavy (non-hydrogen) atoms. The predicted octanol–water partition coefficient (Wildman–Crippen LogP) is 0.839. The molecular weight excluding hydrogens is 636 g/mol. The third kappa shape index (κ3) is 11.2. The summed E-state index contributed by atoms with van der Waals surface area (Å²) in [5, 5.41) is 0. The molecule has 210 valence electrons. The van der Waals surface area contributed by atoms with Gasteiger partial charge in [0.2, 0.25) is 10.0 Å². The Morgan fingerprint density at radius 3 is 1.46 bits per heavy atom. The Labute approximate surface area is 259 Å². The molecule has 0 radical (unpaired) electrons. The molecule has 0 aromatic heterocycles. The van der Waals surface area contributed by atoms with Crippen molar-refractivity contribution in [1.29, 1.82) is 0 Å². The van der Waals surface area contributed by atoms with E-state index in [1.54, 1.807) is 24.3 Å². The minimum atomic E-state index is -3.71. The number of benzene rings is 4. The molecule has 8 heteroatoms. The third-order valence-electron chi connectivity index (χ3n) is 6.06. The van der Waals surface area contributed by atoms with Crippen molar-refractivity contribution < 1.29 is 52.7 Å². The second-order valence-electron chi connectivity index (χ2n) is 9.32. The van der Waals surface area contributed by atoms with E-state index in [-0.39, 0.29) is 49.2 Å². The summed E-state index contributed by atoms with van der Waals surface area (Å²) in [6, 6.07) is 33.3. The van der Waals surface area contributed by atoms with Crippen LogP contribution in [-0.4, -0.2) is 8.42 Å². The van der Waals surface area contributed by atoms with Crippen molar-refractivity contribution in [3.8, 4) is 0 Å². The van der Waals surface area contributed by atoms with E-state index >= 15 is 0 Å². The van der Waals surface area contributed by atoms with E-state index in [2.05, 4.69) is 49.8 Å². The fourth-order valence-electron chi connectivity index (χ4n) is 3.78. The van der Waals surface area contributed by atoms with Crippen LogP contribution in [0.1, 0.15) is 59.7 Å². The number of aryl methyl sites for hydroxylation is 2. The van der Waals surface area contributed by atoms with Crippen molar-refractivity contribution in [2.24, 2.45) is 5.73 Å². The average molecular weight is 673 g/mol. The van der Waals surface area contributed by atoms with Crippen LogP contribution in [0.4, 0.5) is 0 Å². The summed E-state index contributed by atoms with van der Waals surface area (Å²) >= 11 is 0. The number of sulfonamides is 1. The Balaban J connectivity index is 0.000000949. The number of hydrogen-bond acceptors (Lipinski definition) is 3. The number of nitrogens with one attached hydrogen (secondary N) is 1. The maximum absolute atomic E-state index is 12.9. The van der Waals surface area contributed by atoms with Gasteiger partial charge in [0, 0.05) is 0 Å². The van der Waals surface area contributed by atoms with Gasteiger partial charge in [-0.3, -0.25) is 0 Å². The van der Waals surface area contributed by atoms with E-state index in [4.69, 9.17) is 5.73 Å². The average Bonchev–Trinajstić information content (AvgIpc) is 2.89. The largest absolute Gasteiger partial charge is 2.00 e. The van der Waals surface area contributed by atoms with Gasteiger partial charge in [-0.1, -0.05) is 122 Å². The molecule has 0 unspecified atom stereocenters. The molecule has 0 bridgehead atoms. The summed E-state index contributed by atoms with van der Waals surface area (Å²) in [4.78, 5) is 0.226. The molecule has 3 N–H and O–H groups in total. The van der Waals surface area contributed by atoms with E-state index in [0.717, 1.165) is 16.7 Å². The first kappa shape index (κ1) is 37.0. The number of halogens is 2. The van der Waals surface area contributed by atoms with Gasteiger partial charge in [-0.15, -0.1) is 0 Å². The van der Waals surface area contributed by atoms with Gasteiger partial charge in [0.25, 0.3) is 0 Å². The van der Waals surface area contributed by atoms with Gasteiger partial charge in [-0.2, -0.15) is 0 Å². The van der Waals surface area contributed by atoms with Crippen LogP contribution in [0.2, 0.25) is 0 Å². The number of hydrogen-bond donors (Lipinski definition) is 2. The Hall–Kier alpha value is -2.05. The maximum Gasteiger partial charge on any atom is 2.00 e. The summed E-state index contributed by atoms with van der Waals surface area (Å²) < 4.78 is 28.6. The molecule has 0 aliphatic rings. The zero-order chi connectivity index (χ0) is 26.1. The van der Waals surface area contributed by atoms with Gasteiger partial charge < -0.3 is 30.5 Å². The minimum Gasteiger partial charge on any atom is -1.00 e. The van der Waals surface area contributed by atoms with Crippen molar-refractivity contribution in [1.82, 2.24) is 4.72 Å². The molecule has 0 aliphatic heterocycles. The van der Waals surface area contributed by atoms with Gasteiger partial charge in [-0.25, -0.2) is 13.1 Å². The summed E-state index contributed by atoms with van der Waals surface area (Å²) in [7, 11) is -3.71. The number of nitrogens with two attached hydrogens (primary N) is 1. The van der Waals surface area contributed by atoms with Gasteiger partial charge in [-0.05, 0) is 48.6 Å². The Morgan fingerprint density at radius 1 is 0.615 bits per heavy atom. The van der Waals surface area contributed by atoms with Crippen molar-refractivity contribution in [2.75, 3.05) is 0 Å². The zero-order valence-electron chi connectivity index (χ0n) is 22.5. The van der Waals surface area contributed by atoms with Crippen LogP contribution in [0.5, 0.6) is 0 Å². The summed E-state index contributed by atoms with van der Waals surface area (Å²) in [5.74, 6) is 0.653. The van der Waals surface area contributed by atoms with E-state index in [9.17, 15) is 8.42 Å². The van der Waals surface area contributed by atoms with Crippen LogP contribution in [-0.2, 0) is 29.5 Å². The molecule has 4 aromatic rings. The molecule has 0 saturated carbocycles. The third-order valence-corrected chi connectivity index (χ3v) is 7.52. The normalized spacial score (nSPS) is 11.9. The van der Waals surface area contributed by atoms with Gasteiger partial charge in [0.1, 0.15) is 0 Å². The standard InChI is InChI=1S/C21H22N2O2S.C10H14.2ClH.Ru/c1-16-12-14-19(15-13-16)26(24,25)23-21(18-10-6-3-7-11-18)20(22)17-8-4-2-5-9-17;1-8(2)10-6-4-9(3)5-7-10;;;/h2-15,20-21,23H,22H2,1H3;4-8H,1-3H3;2*1H;/q;;;;+2/p-2/t20-,21-;;;;/m1..../s1. The number of rotatable bonds is 7. The molecular formula is C31H36Cl2N2O2RuS. The van der Waals surface area contributed by atoms with Crippen LogP contribution in [0.3, 0.4) is 0 Å². The molecule has 2 atom stereocenters. The van der Waals surface area contributed by atoms with E-state index < -0.39 is 22.1 Å². The fourth-order valence-corrected chi connectivity index (χ4v) is 5.03. The Kier molecular flexibility index (Phi) is 16.7. The topological polar surface area (TPSA) is 72.2 Å². The Bertz CT molecular complexity index is 1320. The molecule has 0 heterocycles. The Morgan fingerprint density at radius 2 is 1.03 bits per heavy atom. The van der Waals surface area contributed by atoms with Gasteiger partial charge in [0.05, 0.1) is 17.0 Å². The molecule has 0 fully saturated rings. The quantitative estimate of drug-likeness (QED) is 0.286. The molecule has 0 aliphatic carbocycles. The predicted molar refractivity (Wildman–Crippen MR) is 149 cm³/mol. The molecule has 0 spiro atoms. The van der Waals surface area contributed by atoms with Crippen molar-refractivity contribution >= 4 is 10.0 Å². The van der Waals surface area contributed by atoms with Crippen LogP contribution in [0.15, 0.2) is 114 Å². The van der Waals surface area contributed by atoms with Crippen LogP contribution < -0.4 is 35.3 Å². The zero-order valence-corrected chi connectivity index (χ0v) is 26.6. The van der Waals surface area contributed by atoms with Crippen molar-refractivity contribution in [3.63, 3.8) is 0 Å². The summed E-state index contributed by atoms with van der Waals surface area (Å²) in [6.45, 7) is 8.46. The monoisotopic (exact) mass is 672 g/mol. The van der Waals surface area contributed by atoms with Gasteiger partial charge in [0.15, 0.2) is 0 Å². The van der Waals surface area contributed by atoms with E-state index in [0.29, 0.717) is 5.92 Å². The molecule has 0 saturated heterocycles. The van der Waals surface area contributed by atoms with Crippen LogP contribution in [0.25, 0.3) is 0 Å². The smallest absolute Gasteiger partial charge is 1.00 e. The van der Waals surface area contributed by atoms with Gasteiger partial charge >= 0.3 is 19.5 Å².